The molecule has 1 aromatic rings. The number of likely N-dealkylation sites (tertiary alicyclic amines) is 1. The summed E-state index contributed by atoms with van der Waals surface area (Å²) >= 11 is 0. The van der Waals surface area contributed by atoms with Crippen LogP contribution in [0.2, 0.25) is 0 Å². The molecule has 2 aliphatic rings. The summed E-state index contributed by atoms with van der Waals surface area (Å²) in [4.78, 5) is 18.0. The van der Waals surface area contributed by atoms with Crippen molar-refractivity contribution < 1.29 is 19.0 Å². The Morgan fingerprint density at radius 1 is 1.46 bits per heavy atom. The van der Waals surface area contributed by atoms with Crippen LogP contribution in [0.15, 0.2) is 18.5 Å². The third-order valence-electron chi connectivity index (χ3n) is 5.55. The van der Waals surface area contributed by atoms with Crippen LogP contribution < -0.4 is 0 Å². The highest BCUT2D eigenvalue weighted by Gasteiger charge is 2.56. The van der Waals surface area contributed by atoms with Crippen LogP contribution in [0, 0.1) is 11.2 Å². The van der Waals surface area contributed by atoms with E-state index in [1.165, 1.54) is 6.07 Å². The number of ether oxygens (including phenoxy) is 1. The largest absolute Gasteiger partial charge is 0.392 e. The van der Waals surface area contributed by atoms with E-state index in [1.54, 1.807) is 6.20 Å². The number of aryl methyl sites for hydroxylation is 1. The lowest BCUT2D eigenvalue weighted by Gasteiger charge is -2.56. The average molecular weight is 336 g/mol. The fourth-order valence-electron chi connectivity index (χ4n) is 3.99. The van der Waals surface area contributed by atoms with Crippen molar-refractivity contribution in [3.8, 4) is 0 Å². The molecule has 1 N–H and O–H groups in total. The van der Waals surface area contributed by atoms with Crippen LogP contribution in [0.1, 0.15) is 38.2 Å². The number of nitrogens with zero attached hydrogens (tertiary/aromatic N) is 2. The zero-order valence-electron chi connectivity index (χ0n) is 14.1. The van der Waals surface area contributed by atoms with Gasteiger partial charge in [0.2, 0.25) is 5.91 Å². The molecule has 1 aliphatic carbocycles. The molecule has 2 heterocycles. The van der Waals surface area contributed by atoms with Gasteiger partial charge < -0.3 is 14.7 Å². The van der Waals surface area contributed by atoms with Crippen molar-refractivity contribution in [2.45, 2.75) is 51.2 Å². The minimum atomic E-state index is -0.374. The number of pyridine rings is 1. The molecule has 1 saturated heterocycles. The zero-order chi connectivity index (χ0) is 17.2. The first-order valence-corrected chi connectivity index (χ1v) is 8.72. The van der Waals surface area contributed by atoms with Crippen molar-refractivity contribution in [2.24, 2.45) is 5.41 Å². The van der Waals surface area contributed by atoms with Gasteiger partial charge in [-0.25, -0.2) is 4.39 Å². The number of aliphatic hydroxyl groups is 1. The van der Waals surface area contributed by atoms with Crippen molar-refractivity contribution in [3.05, 3.63) is 29.8 Å². The highest BCUT2D eigenvalue weighted by Crippen LogP contribution is 2.50. The summed E-state index contributed by atoms with van der Waals surface area (Å²) in [6, 6.07) is 1.42. The third kappa shape index (κ3) is 3.30. The van der Waals surface area contributed by atoms with E-state index < -0.39 is 0 Å². The Hall–Kier alpha value is -1.53. The number of rotatable bonds is 5. The number of amides is 1. The Morgan fingerprint density at radius 3 is 2.83 bits per heavy atom. The molecular weight excluding hydrogens is 311 g/mol. The van der Waals surface area contributed by atoms with Crippen molar-refractivity contribution in [2.75, 3.05) is 19.7 Å². The van der Waals surface area contributed by atoms with Crippen LogP contribution in [0.5, 0.6) is 0 Å². The van der Waals surface area contributed by atoms with Crippen LogP contribution in [0.4, 0.5) is 4.39 Å². The average Bonchev–Trinajstić information content (AvgIpc) is 2.60. The Morgan fingerprint density at radius 2 is 2.21 bits per heavy atom. The fraction of sp³-hybridized carbons (Fsp3) is 0.667. The van der Waals surface area contributed by atoms with E-state index in [0.717, 1.165) is 24.6 Å². The van der Waals surface area contributed by atoms with Crippen LogP contribution in [0.3, 0.4) is 0 Å². The minimum absolute atomic E-state index is 0.0795. The van der Waals surface area contributed by atoms with Gasteiger partial charge in [-0.2, -0.15) is 0 Å². The predicted octanol–water partition coefficient (Wildman–Crippen LogP) is 1.93. The van der Waals surface area contributed by atoms with Gasteiger partial charge in [-0.3, -0.25) is 9.78 Å². The second kappa shape index (κ2) is 7.15. The van der Waals surface area contributed by atoms with Gasteiger partial charge in [0.25, 0.3) is 0 Å². The number of carbonyl (C=O) groups excluding carboxylic acids is 1. The maximum atomic E-state index is 13.1. The van der Waals surface area contributed by atoms with Gasteiger partial charge in [0.15, 0.2) is 0 Å². The van der Waals surface area contributed by atoms with E-state index in [0.29, 0.717) is 39.0 Å². The standard InChI is InChI=1S/C18H25FN2O3/c1-2-24-16-10-15(22)18(16)5-7-21(8-6-18)17(23)4-3-13-9-14(19)12-20-11-13/h9,11-12,15-16,22H,2-8,10H2,1H3. The number of hydrogen-bond donors (Lipinski definition) is 1. The van der Waals surface area contributed by atoms with Crippen LogP contribution in [-0.4, -0.2) is 52.8 Å². The molecular formula is C18H25FN2O3. The molecule has 0 aromatic carbocycles. The Labute approximate surface area is 141 Å². The number of carbonyl (C=O) groups is 1. The number of aromatic nitrogens is 1. The highest BCUT2D eigenvalue weighted by atomic mass is 19.1. The number of hydrogen-bond acceptors (Lipinski definition) is 4. The van der Waals surface area contributed by atoms with Crippen LogP contribution >= 0.6 is 0 Å². The minimum Gasteiger partial charge on any atom is -0.392 e. The molecule has 1 amide bonds. The molecule has 132 valence electrons. The number of aliphatic hydroxyl groups excluding tert-OH is 1. The maximum Gasteiger partial charge on any atom is 0.222 e. The Balaban J connectivity index is 1.50. The molecule has 5 nitrogen and oxygen atoms in total. The summed E-state index contributed by atoms with van der Waals surface area (Å²) in [7, 11) is 0. The van der Waals surface area contributed by atoms with Crippen molar-refractivity contribution >= 4 is 5.91 Å². The smallest absolute Gasteiger partial charge is 0.222 e. The predicted molar refractivity (Wildman–Crippen MR) is 86.8 cm³/mol. The lowest BCUT2D eigenvalue weighted by atomic mass is 9.58. The fourth-order valence-corrected chi connectivity index (χ4v) is 3.99. The van der Waals surface area contributed by atoms with Gasteiger partial charge in [0.05, 0.1) is 18.4 Å². The summed E-state index contributed by atoms with van der Waals surface area (Å²) in [5.41, 5.74) is 0.571. The van der Waals surface area contributed by atoms with Gasteiger partial charge in [0.1, 0.15) is 5.82 Å². The lowest BCUT2D eigenvalue weighted by Crippen LogP contribution is -2.62. The zero-order valence-corrected chi connectivity index (χ0v) is 14.1. The topological polar surface area (TPSA) is 62.7 Å². The van der Waals surface area contributed by atoms with Crippen LogP contribution in [0.25, 0.3) is 0 Å². The van der Waals surface area contributed by atoms with E-state index in [1.807, 2.05) is 11.8 Å². The quantitative estimate of drug-likeness (QED) is 0.892. The Kier molecular flexibility index (Phi) is 5.15. The van der Waals surface area contributed by atoms with Gasteiger partial charge in [0, 0.05) is 44.1 Å². The van der Waals surface area contributed by atoms with E-state index in [-0.39, 0.29) is 29.3 Å². The van der Waals surface area contributed by atoms with Gasteiger partial charge in [-0.15, -0.1) is 0 Å². The molecule has 2 fully saturated rings. The van der Waals surface area contributed by atoms with E-state index >= 15 is 0 Å². The maximum absolute atomic E-state index is 13.1. The highest BCUT2D eigenvalue weighted by molar-refractivity contribution is 5.76. The van der Waals surface area contributed by atoms with E-state index in [9.17, 15) is 14.3 Å². The summed E-state index contributed by atoms with van der Waals surface area (Å²) in [5, 5.41) is 10.2. The molecule has 1 aliphatic heterocycles. The number of piperidine rings is 1. The van der Waals surface area contributed by atoms with E-state index in [2.05, 4.69) is 4.98 Å². The van der Waals surface area contributed by atoms with Crippen molar-refractivity contribution in [3.63, 3.8) is 0 Å². The van der Waals surface area contributed by atoms with Gasteiger partial charge in [-0.1, -0.05) is 0 Å². The molecule has 2 unspecified atom stereocenters. The second-order valence-corrected chi connectivity index (χ2v) is 6.82. The first-order valence-electron chi connectivity index (χ1n) is 8.72. The molecule has 1 saturated carbocycles. The molecule has 0 bridgehead atoms. The first kappa shape index (κ1) is 17.3. The molecule has 3 rings (SSSR count). The van der Waals surface area contributed by atoms with Crippen LogP contribution in [-0.2, 0) is 16.0 Å². The normalized spacial score (nSPS) is 25.5. The summed E-state index contributed by atoms with van der Waals surface area (Å²) in [6.45, 7) is 3.93. The summed E-state index contributed by atoms with van der Waals surface area (Å²) in [6.07, 6.45) is 5.68. The first-order chi connectivity index (χ1) is 11.5. The molecule has 24 heavy (non-hydrogen) atoms. The summed E-state index contributed by atoms with van der Waals surface area (Å²) in [5.74, 6) is -0.295. The molecule has 1 aromatic heterocycles. The second-order valence-electron chi connectivity index (χ2n) is 6.82. The van der Waals surface area contributed by atoms with Crippen molar-refractivity contribution in [1.29, 1.82) is 0 Å². The van der Waals surface area contributed by atoms with Crippen molar-refractivity contribution in [1.82, 2.24) is 9.88 Å². The summed E-state index contributed by atoms with van der Waals surface area (Å²) < 4.78 is 18.9. The number of halogens is 1. The molecule has 0 radical (unpaired) electrons. The Bertz CT molecular complexity index is 585. The monoisotopic (exact) mass is 336 g/mol. The van der Waals surface area contributed by atoms with Gasteiger partial charge in [-0.05, 0) is 37.8 Å². The molecule has 1 spiro atoms. The third-order valence-corrected chi connectivity index (χ3v) is 5.55. The molecule has 2 atom stereocenters. The SMILES string of the molecule is CCOC1CC(O)C12CCN(C(=O)CCc1cncc(F)c1)CC2. The lowest BCUT2D eigenvalue weighted by molar-refractivity contribution is -0.210. The van der Waals surface area contributed by atoms with E-state index in [4.69, 9.17) is 4.74 Å². The van der Waals surface area contributed by atoms with Gasteiger partial charge >= 0.3 is 0 Å². The molecule has 6 heteroatoms.